The normalized spacial score (nSPS) is 8.40. The molecule has 0 spiro atoms. The molecule has 1 heterocycles. The number of rotatable bonds is 3. The SMILES string of the molecule is Br.C=CCCn1ccnc1. The Morgan fingerprint density at radius 2 is 2.40 bits per heavy atom. The predicted octanol–water partition coefficient (Wildman–Crippen LogP) is 2.04. The Morgan fingerprint density at radius 3 is 2.90 bits per heavy atom. The van der Waals surface area contributed by atoms with E-state index < -0.39 is 0 Å². The first-order chi connectivity index (χ1) is 4.43. The van der Waals surface area contributed by atoms with Crippen LogP contribution in [0, 0.1) is 0 Å². The third kappa shape index (κ3) is 2.82. The van der Waals surface area contributed by atoms with Gasteiger partial charge >= 0.3 is 0 Å². The van der Waals surface area contributed by atoms with Crippen molar-refractivity contribution in [3.8, 4) is 0 Å². The standard InChI is InChI=1S/C7H10N2.BrH/c1-2-3-5-9-6-4-8-7-9;/h2,4,6-7H,1,3,5H2;1H. The highest BCUT2D eigenvalue weighted by Gasteiger charge is 1.83. The average Bonchev–Trinajstić information content (AvgIpc) is 2.34. The summed E-state index contributed by atoms with van der Waals surface area (Å²) < 4.78 is 2.03. The second-order valence-corrected chi connectivity index (χ2v) is 1.88. The van der Waals surface area contributed by atoms with Crippen LogP contribution in [0.4, 0.5) is 0 Å². The first-order valence-corrected chi connectivity index (χ1v) is 3.00. The summed E-state index contributed by atoms with van der Waals surface area (Å²) in [5.41, 5.74) is 0. The van der Waals surface area contributed by atoms with Crippen molar-refractivity contribution in [3.05, 3.63) is 31.4 Å². The first kappa shape index (κ1) is 9.43. The Kier molecular flexibility index (Phi) is 4.94. The van der Waals surface area contributed by atoms with E-state index in [0.717, 1.165) is 13.0 Å². The van der Waals surface area contributed by atoms with E-state index in [1.807, 2.05) is 23.2 Å². The number of nitrogens with zero attached hydrogens (tertiary/aromatic N) is 2. The molecular weight excluding hydrogens is 192 g/mol. The zero-order chi connectivity index (χ0) is 6.53. The fourth-order valence-corrected chi connectivity index (χ4v) is 0.659. The van der Waals surface area contributed by atoms with Crippen LogP contribution in [0.25, 0.3) is 0 Å². The van der Waals surface area contributed by atoms with Gasteiger partial charge in [-0.05, 0) is 6.42 Å². The molecule has 0 amide bonds. The fourth-order valence-electron chi connectivity index (χ4n) is 0.659. The van der Waals surface area contributed by atoms with Crippen LogP contribution >= 0.6 is 17.0 Å². The van der Waals surface area contributed by atoms with Crippen molar-refractivity contribution in [3.63, 3.8) is 0 Å². The van der Waals surface area contributed by atoms with E-state index in [1.54, 1.807) is 6.20 Å². The zero-order valence-corrected chi connectivity index (χ0v) is 7.45. The Labute approximate surface area is 71.4 Å². The molecule has 0 atom stereocenters. The Morgan fingerprint density at radius 1 is 1.60 bits per heavy atom. The van der Waals surface area contributed by atoms with Crippen LogP contribution in [0.5, 0.6) is 0 Å². The van der Waals surface area contributed by atoms with Gasteiger partial charge in [-0.15, -0.1) is 23.6 Å². The lowest BCUT2D eigenvalue weighted by Gasteiger charge is -1.94. The van der Waals surface area contributed by atoms with Crippen molar-refractivity contribution in [2.24, 2.45) is 0 Å². The van der Waals surface area contributed by atoms with Crippen molar-refractivity contribution in [1.82, 2.24) is 9.55 Å². The largest absolute Gasteiger partial charge is 0.337 e. The number of hydrogen-bond acceptors (Lipinski definition) is 1. The maximum atomic E-state index is 3.90. The zero-order valence-electron chi connectivity index (χ0n) is 5.73. The number of hydrogen-bond donors (Lipinski definition) is 0. The summed E-state index contributed by atoms with van der Waals surface area (Å²) in [5.74, 6) is 0. The van der Waals surface area contributed by atoms with Crippen molar-refractivity contribution in [2.75, 3.05) is 0 Å². The third-order valence-electron chi connectivity index (χ3n) is 1.15. The lowest BCUT2D eigenvalue weighted by atomic mass is 10.4. The van der Waals surface area contributed by atoms with Crippen LogP contribution in [-0.4, -0.2) is 9.55 Å². The van der Waals surface area contributed by atoms with Gasteiger partial charge in [-0.2, -0.15) is 0 Å². The molecule has 0 aromatic carbocycles. The van der Waals surface area contributed by atoms with Gasteiger partial charge in [0, 0.05) is 18.9 Å². The number of imidazole rings is 1. The van der Waals surface area contributed by atoms with Crippen LogP contribution in [-0.2, 0) is 6.54 Å². The smallest absolute Gasteiger partial charge is 0.0946 e. The molecule has 3 heteroatoms. The molecule has 56 valence electrons. The summed E-state index contributed by atoms with van der Waals surface area (Å²) in [5, 5.41) is 0. The minimum Gasteiger partial charge on any atom is -0.337 e. The molecule has 0 aliphatic rings. The van der Waals surface area contributed by atoms with E-state index in [4.69, 9.17) is 0 Å². The molecule has 0 saturated carbocycles. The van der Waals surface area contributed by atoms with Gasteiger partial charge in [0.15, 0.2) is 0 Å². The summed E-state index contributed by atoms with van der Waals surface area (Å²) >= 11 is 0. The number of allylic oxidation sites excluding steroid dienone is 1. The average molecular weight is 203 g/mol. The van der Waals surface area contributed by atoms with E-state index >= 15 is 0 Å². The van der Waals surface area contributed by atoms with Crippen molar-refractivity contribution in [2.45, 2.75) is 13.0 Å². The molecule has 10 heavy (non-hydrogen) atoms. The third-order valence-corrected chi connectivity index (χ3v) is 1.15. The number of aryl methyl sites for hydroxylation is 1. The molecule has 1 aromatic heterocycles. The number of aromatic nitrogens is 2. The van der Waals surface area contributed by atoms with E-state index in [-0.39, 0.29) is 17.0 Å². The molecule has 1 rings (SSSR count). The molecule has 0 aliphatic heterocycles. The van der Waals surface area contributed by atoms with Crippen molar-refractivity contribution in [1.29, 1.82) is 0 Å². The highest BCUT2D eigenvalue weighted by molar-refractivity contribution is 8.93. The molecule has 1 aromatic rings. The lowest BCUT2D eigenvalue weighted by molar-refractivity contribution is 0.710. The molecular formula is C7H11BrN2. The van der Waals surface area contributed by atoms with Crippen LogP contribution in [0.2, 0.25) is 0 Å². The van der Waals surface area contributed by atoms with E-state index in [1.165, 1.54) is 0 Å². The van der Waals surface area contributed by atoms with Gasteiger partial charge in [-0.1, -0.05) is 6.08 Å². The number of halogens is 1. The van der Waals surface area contributed by atoms with E-state index in [9.17, 15) is 0 Å². The minimum absolute atomic E-state index is 0. The van der Waals surface area contributed by atoms with Gasteiger partial charge < -0.3 is 4.57 Å². The quantitative estimate of drug-likeness (QED) is 0.687. The Balaban J connectivity index is 0.000000810. The maximum absolute atomic E-state index is 3.90. The van der Waals surface area contributed by atoms with Crippen molar-refractivity contribution < 1.29 is 0 Å². The van der Waals surface area contributed by atoms with E-state index in [0.29, 0.717) is 0 Å². The molecule has 0 radical (unpaired) electrons. The summed E-state index contributed by atoms with van der Waals surface area (Å²) in [6.45, 7) is 4.62. The van der Waals surface area contributed by atoms with Gasteiger partial charge in [0.05, 0.1) is 6.33 Å². The Hall–Kier alpha value is -0.570. The minimum atomic E-state index is 0. The maximum Gasteiger partial charge on any atom is 0.0946 e. The molecule has 0 saturated heterocycles. The molecule has 0 unspecified atom stereocenters. The first-order valence-electron chi connectivity index (χ1n) is 3.00. The van der Waals surface area contributed by atoms with Gasteiger partial charge in [0.2, 0.25) is 0 Å². The molecule has 0 bridgehead atoms. The van der Waals surface area contributed by atoms with Gasteiger partial charge in [0.25, 0.3) is 0 Å². The van der Waals surface area contributed by atoms with Gasteiger partial charge in [0.1, 0.15) is 0 Å². The summed E-state index contributed by atoms with van der Waals surface area (Å²) in [7, 11) is 0. The topological polar surface area (TPSA) is 17.8 Å². The summed E-state index contributed by atoms with van der Waals surface area (Å²) in [4.78, 5) is 3.90. The molecule has 2 nitrogen and oxygen atoms in total. The van der Waals surface area contributed by atoms with Gasteiger partial charge in [-0.25, -0.2) is 4.98 Å². The summed E-state index contributed by atoms with van der Waals surface area (Å²) in [6, 6.07) is 0. The van der Waals surface area contributed by atoms with Crippen LogP contribution in [0.3, 0.4) is 0 Å². The highest BCUT2D eigenvalue weighted by atomic mass is 79.9. The second kappa shape index (κ2) is 5.23. The van der Waals surface area contributed by atoms with Crippen LogP contribution in [0.1, 0.15) is 6.42 Å². The fraction of sp³-hybridized carbons (Fsp3) is 0.286. The second-order valence-electron chi connectivity index (χ2n) is 1.88. The van der Waals surface area contributed by atoms with E-state index in [2.05, 4.69) is 11.6 Å². The monoisotopic (exact) mass is 202 g/mol. The van der Waals surface area contributed by atoms with Crippen LogP contribution in [0.15, 0.2) is 31.4 Å². The molecule has 0 N–H and O–H groups in total. The Bertz CT molecular complexity index is 170. The van der Waals surface area contributed by atoms with Crippen LogP contribution < -0.4 is 0 Å². The lowest BCUT2D eigenvalue weighted by Crippen LogP contribution is -1.90. The highest BCUT2D eigenvalue weighted by Crippen LogP contribution is 1.89. The summed E-state index contributed by atoms with van der Waals surface area (Å²) in [6.07, 6.45) is 8.45. The molecule has 0 aliphatic carbocycles. The van der Waals surface area contributed by atoms with Crippen molar-refractivity contribution >= 4 is 17.0 Å². The van der Waals surface area contributed by atoms with Gasteiger partial charge in [-0.3, -0.25) is 0 Å². The molecule has 0 fully saturated rings. The predicted molar refractivity (Wildman–Crippen MR) is 47.4 cm³/mol.